The second-order valence-corrected chi connectivity index (χ2v) is 4.76. The van der Waals surface area contributed by atoms with E-state index >= 15 is 0 Å². The molecule has 1 aliphatic rings. The first-order valence-electron chi connectivity index (χ1n) is 6.00. The quantitative estimate of drug-likeness (QED) is 0.857. The van der Waals surface area contributed by atoms with Gasteiger partial charge < -0.3 is 14.8 Å². The van der Waals surface area contributed by atoms with Gasteiger partial charge in [0, 0.05) is 5.92 Å². The number of nitrogens with zero attached hydrogens (tertiary/aromatic N) is 2. The van der Waals surface area contributed by atoms with Crippen molar-refractivity contribution >= 4 is 17.0 Å². The minimum absolute atomic E-state index is 0.0809. The van der Waals surface area contributed by atoms with Gasteiger partial charge in [-0.25, -0.2) is 4.98 Å². The van der Waals surface area contributed by atoms with Crippen molar-refractivity contribution in [2.24, 2.45) is 0 Å². The summed E-state index contributed by atoms with van der Waals surface area (Å²) < 4.78 is 1.74. The van der Waals surface area contributed by atoms with Gasteiger partial charge in [0.2, 0.25) is 0 Å². The van der Waals surface area contributed by atoms with Gasteiger partial charge in [-0.2, -0.15) is 0 Å². The summed E-state index contributed by atoms with van der Waals surface area (Å²) in [5.41, 5.74) is 1.66. The number of aromatic nitrogens is 2. The van der Waals surface area contributed by atoms with Gasteiger partial charge in [-0.1, -0.05) is 12.1 Å². The van der Waals surface area contributed by atoms with Gasteiger partial charge in [0.1, 0.15) is 12.4 Å². The van der Waals surface area contributed by atoms with Crippen LogP contribution in [0.1, 0.15) is 24.6 Å². The Morgan fingerprint density at radius 3 is 2.78 bits per heavy atom. The average Bonchev–Trinajstić information content (AvgIpc) is 2.63. The molecule has 0 bridgehead atoms. The monoisotopic (exact) mass is 246 g/mol. The summed E-state index contributed by atoms with van der Waals surface area (Å²) in [6.45, 7) is -0.0809. The van der Waals surface area contributed by atoms with Gasteiger partial charge >= 0.3 is 5.97 Å². The van der Waals surface area contributed by atoms with Crippen LogP contribution in [0.15, 0.2) is 24.3 Å². The van der Waals surface area contributed by atoms with E-state index in [4.69, 9.17) is 5.11 Å². The second-order valence-electron chi connectivity index (χ2n) is 4.76. The number of fused-ring (bicyclic) bond motifs is 1. The highest BCUT2D eigenvalue weighted by molar-refractivity contribution is 5.78. The Hall–Kier alpha value is -1.88. The Kier molecular flexibility index (Phi) is 2.56. The van der Waals surface area contributed by atoms with E-state index in [2.05, 4.69) is 4.98 Å². The lowest BCUT2D eigenvalue weighted by atomic mass is 9.82. The van der Waals surface area contributed by atoms with Gasteiger partial charge in [0.25, 0.3) is 0 Å². The normalized spacial score (nSPS) is 22.9. The number of hydrogen-bond donors (Lipinski definition) is 2. The molecule has 1 heterocycles. The van der Waals surface area contributed by atoms with Crippen LogP contribution in [0.5, 0.6) is 0 Å². The Morgan fingerprint density at radius 2 is 2.11 bits per heavy atom. The van der Waals surface area contributed by atoms with E-state index in [1.165, 1.54) is 0 Å². The molecule has 5 heteroatoms. The molecule has 5 nitrogen and oxygen atoms in total. The standard InChI is InChI=1S/C13H14N2O3/c16-9-5-8(6-9)13-14-10-3-1-2-4-11(10)15(13)7-12(17)18/h1-4,8-9,16H,5-7H2,(H,17,18). The number of carboxylic acids is 1. The fraction of sp³-hybridized carbons (Fsp3) is 0.385. The zero-order valence-corrected chi connectivity index (χ0v) is 9.78. The number of para-hydroxylation sites is 2. The molecule has 0 spiro atoms. The lowest BCUT2D eigenvalue weighted by Gasteiger charge is -2.31. The van der Waals surface area contributed by atoms with Crippen molar-refractivity contribution in [1.82, 2.24) is 9.55 Å². The zero-order valence-electron chi connectivity index (χ0n) is 9.78. The third-order valence-electron chi connectivity index (χ3n) is 3.46. The van der Waals surface area contributed by atoms with Crippen molar-refractivity contribution in [2.75, 3.05) is 0 Å². The van der Waals surface area contributed by atoms with Gasteiger partial charge in [-0.3, -0.25) is 4.79 Å². The molecule has 3 rings (SSSR count). The number of imidazole rings is 1. The molecule has 0 atom stereocenters. The van der Waals surface area contributed by atoms with Gasteiger partial charge in [0.05, 0.1) is 17.1 Å². The minimum Gasteiger partial charge on any atom is -0.480 e. The van der Waals surface area contributed by atoms with Crippen LogP contribution in [0.25, 0.3) is 11.0 Å². The number of rotatable bonds is 3. The van der Waals surface area contributed by atoms with E-state index in [1.807, 2.05) is 24.3 Å². The van der Waals surface area contributed by atoms with Crippen LogP contribution < -0.4 is 0 Å². The molecule has 1 aromatic carbocycles. The Bertz CT molecular complexity index is 599. The number of aliphatic hydroxyl groups excluding tert-OH is 1. The number of hydrogen-bond acceptors (Lipinski definition) is 3. The lowest BCUT2D eigenvalue weighted by Crippen LogP contribution is -2.29. The van der Waals surface area contributed by atoms with Crippen LogP contribution in [-0.4, -0.2) is 31.8 Å². The molecule has 2 N–H and O–H groups in total. The number of aliphatic hydroxyl groups is 1. The molecule has 1 saturated carbocycles. The molecule has 0 unspecified atom stereocenters. The molecule has 1 aliphatic carbocycles. The van der Waals surface area contributed by atoms with E-state index in [9.17, 15) is 9.90 Å². The number of carboxylic acid groups (broad SMARTS) is 1. The van der Waals surface area contributed by atoms with Crippen molar-refractivity contribution in [3.63, 3.8) is 0 Å². The third kappa shape index (κ3) is 1.76. The first kappa shape index (κ1) is 11.2. The van der Waals surface area contributed by atoms with Crippen molar-refractivity contribution < 1.29 is 15.0 Å². The summed E-state index contributed by atoms with van der Waals surface area (Å²) in [5.74, 6) is 0.0786. The number of benzene rings is 1. The van der Waals surface area contributed by atoms with Crippen LogP contribution in [0, 0.1) is 0 Å². The summed E-state index contributed by atoms with van der Waals surface area (Å²) in [6.07, 6.45) is 1.07. The minimum atomic E-state index is -0.876. The largest absolute Gasteiger partial charge is 0.480 e. The Morgan fingerprint density at radius 1 is 1.39 bits per heavy atom. The summed E-state index contributed by atoms with van der Waals surface area (Å²) >= 11 is 0. The van der Waals surface area contributed by atoms with Crippen molar-refractivity contribution in [1.29, 1.82) is 0 Å². The van der Waals surface area contributed by atoms with Crippen LogP contribution in [-0.2, 0) is 11.3 Å². The lowest BCUT2D eigenvalue weighted by molar-refractivity contribution is -0.137. The van der Waals surface area contributed by atoms with Crippen molar-refractivity contribution in [2.45, 2.75) is 31.4 Å². The predicted molar refractivity (Wildman–Crippen MR) is 65.4 cm³/mol. The molecule has 1 fully saturated rings. The Labute approximate surface area is 104 Å². The molecule has 0 aliphatic heterocycles. The summed E-state index contributed by atoms with van der Waals surface area (Å²) in [4.78, 5) is 15.5. The molecule has 0 amide bonds. The molecule has 0 radical (unpaired) electrons. The fourth-order valence-electron chi connectivity index (χ4n) is 2.51. The van der Waals surface area contributed by atoms with E-state index in [1.54, 1.807) is 4.57 Å². The number of aliphatic carboxylic acids is 1. The van der Waals surface area contributed by atoms with Gasteiger partial charge in [-0.05, 0) is 25.0 Å². The number of carbonyl (C=O) groups is 1. The van der Waals surface area contributed by atoms with Gasteiger partial charge in [-0.15, -0.1) is 0 Å². The first-order chi connectivity index (χ1) is 8.65. The first-order valence-corrected chi connectivity index (χ1v) is 6.00. The maximum atomic E-state index is 11.0. The van der Waals surface area contributed by atoms with E-state index in [0.717, 1.165) is 16.9 Å². The predicted octanol–water partition coefficient (Wildman–Crippen LogP) is 1.36. The zero-order chi connectivity index (χ0) is 12.7. The highest BCUT2D eigenvalue weighted by Crippen LogP contribution is 2.37. The topological polar surface area (TPSA) is 75.3 Å². The van der Waals surface area contributed by atoms with Crippen LogP contribution in [0.3, 0.4) is 0 Å². The molecule has 2 aromatic rings. The van der Waals surface area contributed by atoms with Crippen molar-refractivity contribution in [3.8, 4) is 0 Å². The van der Waals surface area contributed by atoms with Crippen LogP contribution in [0.2, 0.25) is 0 Å². The van der Waals surface area contributed by atoms with Crippen LogP contribution in [0.4, 0.5) is 0 Å². The SMILES string of the molecule is O=C(O)Cn1c(C2CC(O)C2)nc2ccccc21. The molecule has 94 valence electrons. The van der Waals surface area contributed by atoms with E-state index < -0.39 is 5.97 Å². The summed E-state index contributed by atoms with van der Waals surface area (Å²) in [7, 11) is 0. The molecule has 1 aromatic heterocycles. The Balaban J connectivity index is 2.08. The molecule has 18 heavy (non-hydrogen) atoms. The third-order valence-corrected chi connectivity index (χ3v) is 3.46. The molecular weight excluding hydrogens is 232 g/mol. The fourth-order valence-corrected chi connectivity index (χ4v) is 2.51. The molecular formula is C13H14N2O3. The van der Waals surface area contributed by atoms with E-state index in [0.29, 0.717) is 12.8 Å². The molecule has 0 saturated heterocycles. The highest BCUT2D eigenvalue weighted by Gasteiger charge is 2.32. The summed E-state index contributed by atoms with van der Waals surface area (Å²) in [6, 6.07) is 7.53. The maximum Gasteiger partial charge on any atom is 0.323 e. The van der Waals surface area contributed by atoms with Crippen molar-refractivity contribution in [3.05, 3.63) is 30.1 Å². The van der Waals surface area contributed by atoms with Gasteiger partial charge in [0.15, 0.2) is 0 Å². The average molecular weight is 246 g/mol. The highest BCUT2D eigenvalue weighted by atomic mass is 16.4. The van der Waals surface area contributed by atoms with Crippen LogP contribution >= 0.6 is 0 Å². The second kappa shape index (κ2) is 4.10. The maximum absolute atomic E-state index is 11.0. The summed E-state index contributed by atoms with van der Waals surface area (Å²) in [5, 5.41) is 18.4. The smallest absolute Gasteiger partial charge is 0.323 e. The van der Waals surface area contributed by atoms with E-state index in [-0.39, 0.29) is 18.6 Å².